The second-order valence-corrected chi connectivity index (χ2v) is 17.6. The normalized spacial score (nSPS) is 11.4. The molecule has 0 atom stereocenters. The first-order chi connectivity index (χ1) is 31.7. The fraction of sp³-hybridized carbons (Fsp3) is 0. The van der Waals surface area contributed by atoms with E-state index in [9.17, 15) is 0 Å². The Morgan fingerprint density at radius 1 is 0.250 bits per heavy atom. The lowest BCUT2D eigenvalue weighted by atomic mass is 9.95. The molecular formula is C62H41NS. The molecule has 300 valence electrons. The quantitative estimate of drug-likeness (QED) is 0.147. The van der Waals surface area contributed by atoms with Gasteiger partial charge in [-0.1, -0.05) is 200 Å². The summed E-state index contributed by atoms with van der Waals surface area (Å²) >= 11 is 1.86. The van der Waals surface area contributed by atoms with E-state index in [0.29, 0.717) is 0 Å². The summed E-state index contributed by atoms with van der Waals surface area (Å²) in [6.45, 7) is 0. The van der Waals surface area contributed by atoms with Crippen molar-refractivity contribution in [3.8, 4) is 55.6 Å². The monoisotopic (exact) mass is 831 g/mol. The summed E-state index contributed by atoms with van der Waals surface area (Å²) < 4.78 is 2.61. The number of para-hydroxylation sites is 1. The van der Waals surface area contributed by atoms with Crippen molar-refractivity contribution in [2.75, 3.05) is 4.90 Å². The van der Waals surface area contributed by atoms with Crippen molar-refractivity contribution in [2.24, 2.45) is 0 Å². The third kappa shape index (κ3) is 6.82. The van der Waals surface area contributed by atoms with Gasteiger partial charge in [-0.3, -0.25) is 0 Å². The van der Waals surface area contributed by atoms with Crippen molar-refractivity contribution < 1.29 is 0 Å². The molecule has 0 amide bonds. The molecule has 12 aromatic rings. The average molecular weight is 832 g/mol. The fourth-order valence-electron chi connectivity index (χ4n) is 9.52. The molecule has 0 saturated carbocycles. The smallest absolute Gasteiger partial charge is 0.0540 e. The molecule has 0 spiro atoms. The third-order valence-electron chi connectivity index (χ3n) is 12.7. The van der Waals surface area contributed by atoms with E-state index < -0.39 is 0 Å². The van der Waals surface area contributed by atoms with Gasteiger partial charge in [-0.25, -0.2) is 0 Å². The maximum Gasteiger partial charge on any atom is 0.0540 e. The van der Waals surface area contributed by atoms with Crippen LogP contribution in [0, 0.1) is 0 Å². The molecule has 0 N–H and O–H groups in total. The highest BCUT2D eigenvalue weighted by Crippen LogP contribution is 2.45. The molecule has 1 heterocycles. The van der Waals surface area contributed by atoms with E-state index in [1.54, 1.807) is 0 Å². The minimum Gasteiger partial charge on any atom is -0.310 e. The van der Waals surface area contributed by atoms with Crippen molar-refractivity contribution in [1.82, 2.24) is 0 Å². The summed E-state index contributed by atoms with van der Waals surface area (Å²) in [4.78, 5) is 2.43. The first-order valence-electron chi connectivity index (χ1n) is 21.9. The maximum atomic E-state index is 2.43. The first kappa shape index (κ1) is 37.7. The summed E-state index contributed by atoms with van der Waals surface area (Å²) in [5, 5.41) is 7.65. The minimum absolute atomic E-state index is 1.09. The molecule has 11 aromatic carbocycles. The largest absolute Gasteiger partial charge is 0.310 e. The third-order valence-corrected chi connectivity index (χ3v) is 13.8. The maximum absolute atomic E-state index is 2.43. The van der Waals surface area contributed by atoms with Gasteiger partial charge in [0.1, 0.15) is 0 Å². The average Bonchev–Trinajstić information content (AvgIpc) is 3.75. The van der Waals surface area contributed by atoms with Gasteiger partial charge in [0.25, 0.3) is 0 Å². The Hall–Kier alpha value is -8.04. The van der Waals surface area contributed by atoms with E-state index in [-0.39, 0.29) is 0 Å². The van der Waals surface area contributed by atoms with Gasteiger partial charge >= 0.3 is 0 Å². The molecule has 0 fully saturated rings. The highest BCUT2D eigenvalue weighted by Gasteiger charge is 2.19. The van der Waals surface area contributed by atoms with Crippen LogP contribution in [0.5, 0.6) is 0 Å². The van der Waals surface area contributed by atoms with E-state index in [1.807, 2.05) is 11.3 Å². The molecule has 1 nitrogen and oxygen atoms in total. The molecule has 64 heavy (non-hydrogen) atoms. The molecule has 0 unspecified atom stereocenters. The van der Waals surface area contributed by atoms with Crippen LogP contribution in [0.4, 0.5) is 17.1 Å². The molecule has 0 saturated heterocycles. The Kier molecular flexibility index (Phi) is 9.43. The van der Waals surface area contributed by atoms with Crippen LogP contribution in [0.25, 0.3) is 97.4 Å². The number of thiophene rings is 1. The van der Waals surface area contributed by atoms with E-state index in [2.05, 4.69) is 254 Å². The second kappa shape index (κ2) is 16.0. The van der Waals surface area contributed by atoms with Gasteiger partial charge in [-0.05, 0) is 120 Å². The summed E-state index contributed by atoms with van der Waals surface area (Å²) in [6, 6.07) is 91.0. The zero-order valence-corrected chi connectivity index (χ0v) is 35.8. The molecular weight excluding hydrogens is 791 g/mol. The van der Waals surface area contributed by atoms with Gasteiger partial charge in [0, 0.05) is 37.1 Å². The van der Waals surface area contributed by atoms with Crippen molar-refractivity contribution in [3.63, 3.8) is 0 Å². The number of hydrogen-bond acceptors (Lipinski definition) is 2. The zero-order valence-electron chi connectivity index (χ0n) is 35.0. The lowest BCUT2D eigenvalue weighted by Gasteiger charge is -2.28. The van der Waals surface area contributed by atoms with E-state index in [1.165, 1.54) is 91.8 Å². The molecule has 0 radical (unpaired) electrons. The number of benzene rings is 11. The Labute approximate surface area is 377 Å². The molecule has 0 aliphatic rings. The highest BCUT2D eigenvalue weighted by atomic mass is 32.1. The van der Waals surface area contributed by atoms with Gasteiger partial charge in [0.05, 0.1) is 5.69 Å². The topological polar surface area (TPSA) is 3.24 Å². The van der Waals surface area contributed by atoms with Gasteiger partial charge < -0.3 is 4.90 Å². The molecule has 0 aliphatic carbocycles. The Balaban J connectivity index is 0.956. The van der Waals surface area contributed by atoms with Crippen LogP contribution in [-0.4, -0.2) is 0 Å². The SMILES string of the molecule is c1cc(-c2cccc(N(c3ccc(-c4ccc(-c5cccc6ccccc56)cc4)cc3)c3ccccc3-c3ccc4c(c3)sc3ccccc34)c2)cc(-c2cccc3ccccc23)c1. The van der Waals surface area contributed by atoms with Crippen molar-refractivity contribution >= 4 is 70.1 Å². The van der Waals surface area contributed by atoms with Crippen molar-refractivity contribution in [3.05, 3.63) is 249 Å². The van der Waals surface area contributed by atoms with E-state index >= 15 is 0 Å². The zero-order chi connectivity index (χ0) is 42.4. The molecule has 0 bridgehead atoms. The summed E-state index contributed by atoms with van der Waals surface area (Å²) in [6.07, 6.45) is 0. The number of hydrogen-bond donors (Lipinski definition) is 0. The summed E-state index contributed by atoms with van der Waals surface area (Å²) in [7, 11) is 0. The minimum atomic E-state index is 1.09. The van der Waals surface area contributed by atoms with Gasteiger partial charge in [-0.15, -0.1) is 11.3 Å². The van der Waals surface area contributed by atoms with E-state index in [0.717, 1.165) is 22.6 Å². The standard InChI is InChI=1S/C62H41NS/c1-3-21-53-44(13-1)15-11-25-55(53)46-31-29-42(30-32-46)43-33-36-51(37-34-43)63(60-27-7-5-23-57(60)50-35-38-59-58-24-6-8-28-61(58)64-62(59)41-50)52-20-10-18-48(40-52)47-17-9-19-49(39-47)56-26-12-16-45-14-2-4-22-54(45)56/h1-41H. The van der Waals surface area contributed by atoms with E-state index in [4.69, 9.17) is 0 Å². The highest BCUT2D eigenvalue weighted by molar-refractivity contribution is 7.25. The Morgan fingerprint density at radius 2 is 0.734 bits per heavy atom. The van der Waals surface area contributed by atoms with Gasteiger partial charge in [0.2, 0.25) is 0 Å². The second-order valence-electron chi connectivity index (χ2n) is 16.5. The van der Waals surface area contributed by atoms with Crippen LogP contribution in [0.1, 0.15) is 0 Å². The fourth-order valence-corrected chi connectivity index (χ4v) is 10.7. The van der Waals surface area contributed by atoms with Crippen molar-refractivity contribution in [1.29, 1.82) is 0 Å². The Morgan fingerprint density at radius 3 is 1.48 bits per heavy atom. The number of fused-ring (bicyclic) bond motifs is 5. The lowest BCUT2D eigenvalue weighted by molar-refractivity contribution is 1.28. The summed E-state index contributed by atoms with van der Waals surface area (Å²) in [5.41, 5.74) is 15.3. The van der Waals surface area contributed by atoms with Crippen LogP contribution < -0.4 is 4.90 Å². The van der Waals surface area contributed by atoms with Crippen LogP contribution in [0.2, 0.25) is 0 Å². The molecule has 12 rings (SSSR count). The number of rotatable bonds is 8. The first-order valence-corrected chi connectivity index (χ1v) is 22.7. The number of nitrogens with zero attached hydrogens (tertiary/aromatic N) is 1. The van der Waals surface area contributed by atoms with Gasteiger partial charge in [-0.2, -0.15) is 0 Å². The molecule has 2 heteroatoms. The van der Waals surface area contributed by atoms with Crippen LogP contribution in [0.15, 0.2) is 249 Å². The van der Waals surface area contributed by atoms with Crippen LogP contribution in [0.3, 0.4) is 0 Å². The Bertz CT molecular complexity index is 3660. The van der Waals surface area contributed by atoms with Crippen molar-refractivity contribution in [2.45, 2.75) is 0 Å². The van der Waals surface area contributed by atoms with Crippen LogP contribution >= 0.6 is 11.3 Å². The number of anilines is 3. The summed E-state index contributed by atoms with van der Waals surface area (Å²) in [5.74, 6) is 0. The van der Waals surface area contributed by atoms with Crippen LogP contribution in [-0.2, 0) is 0 Å². The predicted molar refractivity (Wildman–Crippen MR) is 276 cm³/mol. The lowest BCUT2D eigenvalue weighted by Crippen LogP contribution is -2.11. The molecule has 0 aliphatic heterocycles. The predicted octanol–water partition coefficient (Wildman–Crippen LogP) is 18.2. The molecule has 1 aromatic heterocycles. The van der Waals surface area contributed by atoms with Gasteiger partial charge in [0.15, 0.2) is 0 Å².